The van der Waals surface area contributed by atoms with Crippen molar-refractivity contribution < 1.29 is 21.8 Å². The number of benzene rings is 1. The van der Waals surface area contributed by atoms with E-state index in [0.29, 0.717) is 6.42 Å². The normalized spacial score (nSPS) is 20.0. The third-order valence-electron chi connectivity index (χ3n) is 4.07. The lowest BCUT2D eigenvalue weighted by molar-refractivity contribution is -0.384. The predicted molar refractivity (Wildman–Crippen MR) is 94.0 cm³/mol. The van der Waals surface area contributed by atoms with Crippen molar-refractivity contribution in [2.75, 3.05) is 18.1 Å². The number of sulfone groups is 1. The molecule has 11 heteroatoms. The molecule has 8 nitrogen and oxygen atoms in total. The molecule has 0 saturated carbocycles. The first kappa shape index (κ1) is 20.1. The Morgan fingerprint density at radius 2 is 2.08 bits per heavy atom. The van der Waals surface area contributed by atoms with Crippen molar-refractivity contribution in [3.8, 4) is 0 Å². The van der Waals surface area contributed by atoms with Crippen LogP contribution in [0.1, 0.15) is 26.2 Å². The quantitative estimate of drug-likeness (QED) is 0.502. The summed E-state index contributed by atoms with van der Waals surface area (Å²) in [7, 11) is -7.35. The molecule has 1 saturated heterocycles. The van der Waals surface area contributed by atoms with Crippen molar-refractivity contribution in [2.24, 2.45) is 0 Å². The molecule has 0 radical (unpaired) electrons. The molecule has 0 aliphatic carbocycles. The van der Waals surface area contributed by atoms with E-state index in [1.165, 1.54) is 6.07 Å². The van der Waals surface area contributed by atoms with Crippen molar-refractivity contribution in [2.45, 2.75) is 37.1 Å². The summed E-state index contributed by atoms with van der Waals surface area (Å²) in [6.07, 6.45) is 1.51. The molecule has 1 atom stereocenters. The third kappa shape index (κ3) is 4.49. The van der Waals surface area contributed by atoms with Gasteiger partial charge >= 0.3 is 0 Å². The van der Waals surface area contributed by atoms with E-state index in [9.17, 15) is 26.9 Å². The van der Waals surface area contributed by atoms with E-state index in [0.717, 1.165) is 22.9 Å². The second-order valence-corrected chi connectivity index (χ2v) is 10.4. The molecule has 0 spiro atoms. The van der Waals surface area contributed by atoms with Crippen LogP contribution >= 0.6 is 11.6 Å². The fourth-order valence-electron chi connectivity index (χ4n) is 2.74. The van der Waals surface area contributed by atoms with E-state index >= 15 is 0 Å². The van der Waals surface area contributed by atoms with E-state index in [2.05, 4.69) is 0 Å². The molecule has 0 bridgehead atoms. The smallest absolute Gasteiger partial charge is 0.258 e. The minimum Gasteiger partial charge on any atom is -0.258 e. The molecule has 1 heterocycles. The standard InChI is InChI=1S/C14H19ClN2O6S2/c1-2-3-7-16(11-6-8-24(20,21)10-11)25(22,23)12-4-5-13(15)14(9-12)17(18)19/h4-5,9,11H,2-3,6-8,10H2,1H3/t11-/m1/s1. The van der Waals surface area contributed by atoms with Crippen LogP contribution in [0.3, 0.4) is 0 Å². The topological polar surface area (TPSA) is 115 Å². The Kier molecular flexibility index (Phi) is 6.08. The Balaban J connectivity index is 2.45. The van der Waals surface area contributed by atoms with Gasteiger partial charge < -0.3 is 0 Å². The summed E-state index contributed by atoms with van der Waals surface area (Å²) in [5.74, 6) is -0.289. The second kappa shape index (κ2) is 7.56. The van der Waals surface area contributed by atoms with Crippen molar-refractivity contribution in [3.63, 3.8) is 0 Å². The van der Waals surface area contributed by atoms with Gasteiger partial charge in [0.25, 0.3) is 5.69 Å². The van der Waals surface area contributed by atoms with Crippen LogP contribution in [-0.2, 0) is 19.9 Å². The Bertz CT molecular complexity index is 869. The molecule has 1 fully saturated rings. The van der Waals surface area contributed by atoms with E-state index < -0.39 is 36.5 Å². The molecule has 1 aromatic rings. The van der Waals surface area contributed by atoms with Crippen LogP contribution in [-0.4, -0.2) is 50.2 Å². The number of hydrogen-bond donors (Lipinski definition) is 0. The molecule has 0 amide bonds. The van der Waals surface area contributed by atoms with Crippen LogP contribution in [0, 0.1) is 10.1 Å². The summed E-state index contributed by atoms with van der Waals surface area (Å²) in [6, 6.07) is 2.62. The molecule has 0 unspecified atom stereocenters. The minimum atomic E-state index is -4.07. The summed E-state index contributed by atoms with van der Waals surface area (Å²) in [6.45, 7) is 2.05. The van der Waals surface area contributed by atoms with Gasteiger partial charge in [0.2, 0.25) is 10.0 Å². The maximum atomic E-state index is 13.0. The second-order valence-electron chi connectivity index (χ2n) is 5.90. The van der Waals surface area contributed by atoms with Crippen molar-refractivity contribution in [3.05, 3.63) is 33.3 Å². The first-order valence-corrected chi connectivity index (χ1v) is 11.4. The maximum absolute atomic E-state index is 13.0. The Morgan fingerprint density at radius 3 is 2.60 bits per heavy atom. The fraction of sp³-hybridized carbons (Fsp3) is 0.571. The number of nitrogens with zero attached hydrogens (tertiary/aromatic N) is 2. The number of halogens is 1. The molecule has 1 aromatic carbocycles. The first-order valence-electron chi connectivity index (χ1n) is 7.74. The summed E-state index contributed by atoms with van der Waals surface area (Å²) in [5.41, 5.74) is -0.503. The van der Waals surface area contributed by atoms with Gasteiger partial charge in [0.1, 0.15) is 5.02 Å². The van der Waals surface area contributed by atoms with Gasteiger partial charge in [0, 0.05) is 18.7 Å². The number of rotatable bonds is 7. The van der Waals surface area contributed by atoms with Crippen molar-refractivity contribution >= 4 is 37.1 Å². The van der Waals surface area contributed by atoms with E-state index in [1.807, 2.05) is 6.92 Å². The SMILES string of the molecule is CCCCN([C@@H]1CCS(=O)(=O)C1)S(=O)(=O)c1ccc(Cl)c([N+](=O)[O-])c1. The lowest BCUT2D eigenvalue weighted by Gasteiger charge is -2.27. The van der Waals surface area contributed by atoms with Gasteiger partial charge in [-0.05, 0) is 25.0 Å². The number of nitro benzene ring substituents is 1. The van der Waals surface area contributed by atoms with Gasteiger partial charge in [-0.1, -0.05) is 24.9 Å². The van der Waals surface area contributed by atoms with E-state index in [1.54, 1.807) is 0 Å². The number of nitro groups is 1. The van der Waals surface area contributed by atoms with Crippen LogP contribution < -0.4 is 0 Å². The highest BCUT2D eigenvalue weighted by molar-refractivity contribution is 7.92. The minimum absolute atomic E-state index is 0.0590. The molecular weight excluding hydrogens is 392 g/mol. The predicted octanol–water partition coefficient (Wildman–Crippen LogP) is 2.23. The average Bonchev–Trinajstić information content (AvgIpc) is 2.87. The number of sulfonamides is 1. The van der Waals surface area contributed by atoms with Gasteiger partial charge in [-0.25, -0.2) is 16.8 Å². The fourth-order valence-corrected chi connectivity index (χ4v) is 6.47. The highest BCUT2D eigenvalue weighted by Gasteiger charge is 2.39. The zero-order valence-corrected chi connectivity index (χ0v) is 16.0. The zero-order chi connectivity index (χ0) is 18.8. The highest BCUT2D eigenvalue weighted by Crippen LogP contribution is 2.31. The monoisotopic (exact) mass is 410 g/mol. The Labute approximate surface area is 151 Å². The molecule has 1 aliphatic heterocycles. The van der Waals surface area contributed by atoms with Crippen LogP contribution in [0.4, 0.5) is 5.69 Å². The molecule has 0 N–H and O–H groups in total. The van der Waals surface area contributed by atoms with Gasteiger partial charge in [-0.3, -0.25) is 10.1 Å². The molecular formula is C14H19ClN2O6S2. The highest BCUT2D eigenvalue weighted by atomic mass is 35.5. The van der Waals surface area contributed by atoms with Crippen molar-refractivity contribution in [1.82, 2.24) is 4.31 Å². The lowest BCUT2D eigenvalue weighted by Crippen LogP contribution is -2.41. The maximum Gasteiger partial charge on any atom is 0.289 e. The summed E-state index contributed by atoms with van der Waals surface area (Å²) < 4.78 is 50.6. The average molecular weight is 411 g/mol. The third-order valence-corrected chi connectivity index (χ3v) is 8.09. The summed E-state index contributed by atoms with van der Waals surface area (Å²) in [5, 5.41) is 10.9. The van der Waals surface area contributed by atoms with Crippen molar-refractivity contribution in [1.29, 1.82) is 0 Å². The lowest BCUT2D eigenvalue weighted by atomic mass is 10.2. The molecule has 0 aromatic heterocycles. The van der Waals surface area contributed by atoms with Crippen LogP contribution in [0.25, 0.3) is 0 Å². The number of unbranched alkanes of at least 4 members (excludes halogenated alkanes) is 1. The van der Waals surface area contributed by atoms with Crippen LogP contribution in [0.15, 0.2) is 23.1 Å². The zero-order valence-electron chi connectivity index (χ0n) is 13.6. The van der Waals surface area contributed by atoms with E-state index in [-0.39, 0.29) is 34.4 Å². The number of hydrogen-bond acceptors (Lipinski definition) is 6. The largest absolute Gasteiger partial charge is 0.289 e. The first-order chi connectivity index (χ1) is 11.6. The Morgan fingerprint density at radius 1 is 1.40 bits per heavy atom. The molecule has 140 valence electrons. The van der Waals surface area contributed by atoms with Gasteiger partial charge in [0.15, 0.2) is 9.84 Å². The Hall–Kier alpha value is -1.23. The van der Waals surface area contributed by atoms with Crippen LogP contribution in [0.5, 0.6) is 0 Å². The molecule has 2 rings (SSSR count). The molecule has 1 aliphatic rings. The van der Waals surface area contributed by atoms with E-state index in [4.69, 9.17) is 11.6 Å². The summed E-state index contributed by atoms with van der Waals surface area (Å²) in [4.78, 5) is 10.0. The summed E-state index contributed by atoms with van der Waals surface area (Å²) >= 11 is 5.74. The van der Waals surface area contributed by atoms with Gasteiger partial charge in [0.05, 0.1) is 21.3 Å². The van der Waals surface area contributed by atoms with Gasteiger partial charge in [-0.15, -0.1) is 0 Å². The van der Waals surface area contributed by atoms with Gasteiger partial charge in [-0.2, -0.15) is 4.31 Å². The van der Waals surface area contributed by atoms with Crippen LogP contribution in [0.2, 0.25) is 5.02 Å². The molecule has 25 heavy (non-hydrogen) atoms.